The fourth-order valence-electron chi connectivity index (χ4n) is 0.517. The van der Waals surface area contributed by atoms with E-state index in [4.69, 9.17) is 5.21 Å². The molecule has 0 aliphatic carbocycles. The molecule has 0 spiro atoms. The number of amidine groups is 1. The minimum absolute atomic E-state index is 0.273. The van der Waals surface area contributed by atoms with E-state index in [1.54, 1.807) is 0 Å². The second-order valence-electron chi connectivity index (χ2n) is 2.13. The van der Waals surface area contributed by atoms with Crippen LogP contribution in [0.15, 0.2) is 4.99 Å². The van der Waals surface area contributed by atoms with E-state index in [2.05, 4.69) is 10.5 Å². The Morgan fingerprint density at radius 3 is 2.33 bits per heavy atom. The number of hydrogen-bond acceptors (Lipinski definition) is 2. The van der Waals surface area contributed by atoms with Crippen LogP contribution in [-0.2, 0) is 0 Å². The van der Waals surface area contributed by atoms with E-state index in [9.17, 15) is 0 Å². The van der Waals surface area contributed by atoms with Gasteiger partial charge >= 0.3 is 0 Å². The summed E-state index contributed by atoms with van der Waals surface area (Å²) in [7, 11) is 0. The van der Waals surface area contributed by atoms with Gasteiger partial charge in [-0.1, -0.05) is 13.8 Å². The highest BCUT2D eigenvalue weighted by Crippen LogP contribution is 1.92. The first-order valence-corrected chi connectivity index (χ1v) is 3.16. The molecule has 2 N–H and O–H groups in total. The Morgan fingerprint density at radius 1 is 1.67 bits per heavy atom. The molecule has 0 aliphatic rings. The fourth-order valence-corrected chi connectivity index (χ4v) is 0.517. The zero-order chi connectivity index (χ0) is 7.28. The lowest BCUT2D eigenvalue weighted by Crippen LogP contribution is -2.24. The largest absolute Gasteiger partial charge is 0.290 e. The molecule has 54 valence electrons. The highest BCUT2D eigenvalue weighted by molar-refractivity contribution is 5.82. The van der Waals surface area contributed by atoms with Crippen LogP contribution in [0, 0.1) is 5.92 Å². The van der Waals surface area contributed by atoms with E-state index in [1.807, 2.05) is 20.8 Å². The molecule has 0 aromatic carbocycles. The van der Waals surface area contributed by atoms with Gasteiger partial charge in [0, 0.05) is 12.5 Å². The predicted molar refractivity (Wildman–Crippen MR) is 37.7 cm³/mol. The molecule has 0 heterocycles. The lowest BCUT2D eigenvalue weighted by atomic mass is 10.2. The summed E-state index contributed by atoms with van der Waals surface area (Å²) in [4.78, 5) is 4.00. The van der Waals surface area contributed by atoms with Gasteiger partial charge in [-0.15, -0.1) is 0 Å². The Balaban J connectivity index is 3.81. The number of rotatable bonds is 2. The van der Waals surface area contributed by atoms with Crippen molar-refractivity contribution in [3.63, 3.8) is 0 Å². The highest BCUT2D eigenvalue weighted by Gasteiger charge is 1.99. The van der Waals surface area contributed by atoms with Crippen LogP contribution in [0.3, 0.4) is 0 Å². The molecule has 0 amide bonds. The summed E-state index contributed by atoms with van der Waals surface area (Å²) in [5.74, 6) is 0.924. The first-order valence-electron chi connectivity index (χ1n) is 3.16. The molecular formula is C6H14N2O. The minimum atomic E-state index is 0.273. The van der Waals surface area contributed by atoms with Crippen molar-refractivity contribution in [3.05, 3.63) is 0 Å². The van der Waals surface area contributed by atoms with Crippen LogP contribution in [0.2, 0.25) is 0 Å². The predicted octanol–water partition coefficient (Wildman–Crippen LogP) is 1.04. The van der Waals surface area contributed by atoms with Gasteiger partial charge in [-0.25, -0.2) is 0 Å². The zero-order valence-corrected chi connectivity index (χ0v) is 6.18. The van der Waals surface area contributed by atoms with Crippen LogP contribution in [0.1, 0.15) is 20.8 Å². The van der Waals surface area contributed by atoms with Crippen LogP contribution in [0.4, 0.5) is 0 Å². The van der Waals surface area contributed by atoms with Crippen molar-refractivity contribution in [1.29, 1.82) is 0 Å². The number of hydroxylamine groups is 1. The Kier molecular flexibility index (Phi) is 4.05. The standard InChI is InChI=1S/C6H14N2O/c1-4-7-6(8-9)5(2)3/h5,9H,4H2,1-3H3,(H,7,8). The zero-order valence-electron chi connectivity index (χ0n) is 6.18. The van der Waals surface area contributed by atoms with E-state index in [-0.39, 0.29) is 5.92 Å². The fraction of sp³-hybridized carbons (Fsp3) is 0.833. The van der Waals surface area contributed by atoms with Crippen LogP contribution in [-0.4, -0.2) is 17.6 Å². The highest BCUT2D eigenvalue weighted by atomic mass is 16.5. The molecule has 0 rings (SSSR count). The van der Waals surface area contributed by atoms with Gasteiger partial charge in [0.05, 0.1) is 0 Å². The van der Waals surface area contributed by atoms with E-state index in [1.165, 1.54) is 0 Å². The maximum absolute atomic E-state index is 8.45. The average Bonchev–Trinajstić information content (AvgIpc) is 1.82. The molecule has 0 saturated heterocycles. The number of nitrogens with one attached hydrogen (secondary N) is 1. The molecule has 0 bridgehead atoms. The topological polar surface area (TPSA) is 44.6 Å². The SMILES string of the molecule is CCN=C(NO)C(C)C. The lowest BCUT2D eigenvalue weighted by molar-refractivity contribution is 0.228. The number of aliphatic imine (C=N–C) groups is 1. The molecule has 0 aliphatic heterocycles. The minimum Gasteiger partial charge on any atom is -0.290 e. The van der Waals surface area contributed by atoms with Gasteiger partial charge < -0.3 is 0 Å². The molecule has 0 atom stereocenters. The molecular weight excluding hydrogens is 116 g/mol. The second-order valence-corrected chi connectivity index (χ2v) is 2.13. The summed E-state index contributed by atoms with van der Waals surface area (Å²) in [6.07, 6.45) is 0. The molecule has 0 saturated carbocycles. The monoisotopic (exact) mass is 130 g/mol. The van der Waals surface area contributed by atoms with Gasteiger partial charge in [-0.2, -0.15) is 0 Å². The number of nitrogens with zero attached hydrogens (tertiary/aromatic N) is 1. The molecule has 0 radical (unpaired) electrons. The van der Waals surface area contributed by atoms with Crippen LogP contribution in [0.25, 0.3) is 0 Å². The van der Waals surface area contributed by atoms with Crippen LogP contribution in [0.5, 0.6) is 0 Å². The quantitative estimate of drug-likeness (QED) is 0.333. The molecule has 0 aromatic rings. The Bertz CT molecular complexity index is 99.2. The summed E-state index contributed by atoms with van der Waals surface area (Å²) < 4.78 is 0. The van der Waals surface area contributed by atoms with Gasteiger partial charge in [-0.3, -0.25) is 15.7 Å². The van der Waals surface area contributed by atoms with Crippen molar-refractivity contribution in [3.8, 4) is 0 Å². The molecule has 9 heavy (non-hydrogen) atoms. The van der Waals surface area contributed by atoms with Crippen molar-refractivity contribution >= 4 is 5.84 Å². The Morgan fingerprint density at radius 2 is 2.22 bits per heavy atom. The third-order valence-corrected chi connectivity index (χ3v) is 0.990. The molecule has 0 fully saturated rings. The first-order chi connectivity index (χ1) is 4.22. The van der Waals surface area contributed by atoms with Crippen molar-refractivity contribution in [2.45, 2.75) is 20.8 Å². The van der Waals surface area contributed by atoms with Gasteiger partial charge in [0.25, 0.3) is 0 Å². The van der Waals surface area contributed by atoms with Gasteiger partial charge in [0.15, 0.2) is 0 Å². The van der Waals surface area contributed by atoms with Crippen molar-refractivity contribution in [2.24, 2.45) is 10.9 Å². The maximum Gasteiger partial charge on any atom is 0.123 e. The summed E-state index contributed by atoms with van der Waals surface area (Å²) >= 11 is 0. The first kappa shape index (κ1) is 8.43. The summed E-state index contributed by atoms with van der Waals surface area (Å²) in [6.45, 7) is 6.58. The van der Waals surface area contributed by atoms with E-state index in [0.29, 0.717) is 12.4 Å². The molecule has 3 nitrogen and oxygen atoms in total. The van der Waals surface area contributed by atoms with Crippen molar-refractivity contribution in [1.82, 2.24) is 5.48 Å². The number of hydrogen-bond donors (Lipinski definition) is 2. The van der Waals surface area contributed by atoms with Crippen LogP contribution >= 0.6 is 0 Å². The lowest BCUT2D eigenvalue weighted by Gasteiger charge is -2.05. The van der Waals surface area contributed by atoms with Gasteiger partial charge in [-0.05, 0) is 6.92 Å². The third-order valence-electron chi connectivity index (χ3n) is 0.990. The Labute approximate surface area is 55.8 Å². The Hall–Kier alpha value is -0.570. The van der Waals surface area contributed by atoms with E-state index >= 15 is 0 Å². The van der Waals surface area contributed by atoms with Crippen molar-refractivity contribution < 1.29 is 5.21 Å². The van der Waals surface area contributed by atoms with Crippen LogP contribution < -0.4 is 5.48 Å². The summed E-state index contributed by atoms with van der Waals surface area (Å²) in [5.41, 5.74) is 2.05. The third kappa shape index (κ3) is 3.08. The van der Waals surface area contributed by atoms with Gasteiger partial charge in [0.2, 0.25) is 0 Å². The van der Waals surface area contributed by atoms with E-state index in [0.717, 1.165) is 0 Å². The average molecular weight is 130 g/mol. The second kappa shape index (κ2) is 4.32. The molecule has 3 heteroatoms. The molecule has 0 aromatic heterocycles. The smallest absolute Gasteiger partial charge is 0.123 e. The van der Waals surface area contributed by atoms with Crippen molar-refractivity contribution in [2.75, 3.05) is 6.54 Å². The normalized spacial score (nSPS) is 12.3. The van der Waals surface area contributed by atoms with Gasteiger partial charge in [0.1, 0.15) is 5.84 Å². The summed E-state index contributed by atoms with van der Waals surface area (Å²) in [6, 6.07) is 0. The maximum atomic E-state index is 8.45. The molecule has 0 unspecified atom stereocenters. The van der Waals surface area contributed by atoms with E-state index < -0.39 is 0 Å². The summed E-state index contributed by atoms with van der Waals surface area (Å²) in [5, 5.41) is 8.45.